The van der Waals surface area contributed by atoms with Gasteiger partial charge in [-0.15, -0.1) is 0 Å². The topological polar surface area (TPSA) is 60.2 Å². The first-order valence-electron chi connectivity index (χ1n) is 3.66. The van der Waals surface area contributed by atoms with E-state index in [-0.39, 0.29) is 10.8 Å². The first kappa shape index (κ1) is 10.5. The Morgan fingerprint density at radius 3 is 2.54 bits per heavy atom. The zero-order valence-corrected chi connectivity index (χ0v) is 8.69. The zero-order chi connectivity index (χ0) is 10.1. The molecule has 5 heteroatoms. The molecule has 0 saturated heterocycles. The van der Waals surface area contributed by atoms with Gasteiger partial charge < -0.3 is 5.73 Å². The number of hydrogen-bond donors (Lipinski definition) is 1. The summed E-state index contributed by atoms with van der Waals surface area (Å²) in [5.74, 6) is -0.381. The van der Waals surface area contributed by atoms with Crippen molar-refractivity contribution in [3.63, 3.8) is 0 Å². The Labute approximate surface area is 82.4 Å². The highest BCUT2D eigenvalue weighted by atomic mass is 35.5. The molecule has 1 aromatic carbocycles. The summed E-state index contributed by atoms with van der Waals surface area (Å²) in [4.78, 5) is 0.219. The van der Waals surface area contributed by atoms with E-state index in [2.05, 4.69) is 0 Å². The Kier molecular flexibility index (Phi) is 2.95. The summed E-state index contributed by atoms with van der Waals surface area (Å²) < 4.78 is 22.6. The molecule has 2 N–H and O–H groups in total. The summed E-state index contributed by atoms with van der Waals surface area (Å²) in [6.07, 6.45) is 0. The molecule has 0 bridgehead atoms. The second-order valence-electron chi connectivity index (χ2n) is 2.69. The SMILES string of the molecule is Cc1cc(S(=O)(=O)CN)ccc1Cl. The van der Waals surface area contributed by atoms with Crippen molar-refractivity contribution >= 4 is 21.4 Å². The fourth-order valence-corrected chi connectivity index (χ4v) is 1.85. The molecule has 1 rings (SSSR count). The standard InChI is InChI=1S/C8H10ClNO2S/c1-6-4-7(2-3-8(6)9)13(11,12)5-10/h2-4H,5,10H2,1H3. The van der Waals surface area contributed by atoms with Crippen LogP contribution < -0.4 is 5.73 Å². The number of halogens is 1. The van der Waals surface area contributed by atoms with Crippen LogP contribution in [-0.2, 0) is 9.84 Å². The van der Waals surface area contributed by atoms with Crippen molar-refractivity contribution in [1.29, 1.82) is 0 Å². The predicted molar refractivity (Wildman–Crippen MR) is 52.4 cm³/mol. The zero-order valence-electron chi connectivity index (χ0n) is 7.12. The van der Waals surface area contributed by atoms with Gasteiger partial charge in [-0.25, -0.2) is 8.42 Å². The summed E-state index contributed by atoms with van der Waals surface area (Å²) in [5.41, 5.74) is 5.84. The van der Waals surface area contributed by atoms with Crippen LogP contribution in [0.5, 0.6) is 0 Å². The minimum atomic E-state index is -3.32. The minimum Gasteiger partial charge on any atom is -0.317 e. The van der Waals surface area contributed by atoms with Gasteiger partial charge in [-0.3, -0.25) is 0 Å². The second kappa shape index (κ2) is 3.65. The summed E-state index contributed by atoms with van der Waals surface area (Å²) in [7, 11) is -3.32. The molecule has 0 heterocycles. The third-order valence-corrected chi connectivity index (χ3v) is 3.54. The van der Waals surface area contributed by atoms with Crippen LogP contribution in [0.3, 0.4) is 0 Å². The van der Waals surface area contributed by atoms with Crippen molar-refractivity contribution in [2.75, 3.05) is 5.88 Å². The van der Waals surface area contributed by atoms with E-state index >= 15 is 0 Å². The fourth-order valence-electron chi connectivity index (χ4n) is 0.907. The van der Waals surface area contributed by atoms with Gasteiger partial charge in [0.05, 0.1) is 4.90 Å². The third-order valence-electron chi connectivity index (χ3n) is 1.71. The number of rotatable bonds is 2. The van der Waals surface area contributed by atoms with Crippen molar-refractivity contribution in [2.24, 2.45) is 5.73 Å². The Balaban J connectivity index is 3.27. The molecule has 0 atom stereocenters. The van der Waals surface area contributed by atoms with Gasteiger partial charge in [0.25, 0.3) is 0 Å². The van der Waals surface area contributed by atoms with E-state index in [4.69, 9.17) is 17.3 Å². The molecule has 0 radical (unpaired) electrons. The predicted octanol–water partition coefficient (Wildman–Crippen LogP) is 1.34. The van der Waals surface area contributed by atoms with Crippen LogP contribution in [0.1, 0.15) is 5.56 Å². The van der Waals surface area contributed by atoms with Crippen molar-refractivity contribution in [1.82, 2.24) is 0 Å². The highest BCUT2D eigenvalue weighted by Gasteiger charge is 2.12. The maximum absolute atomic E-state index is 11.3. The lowest BCUT2D eigenvalue weighted by Gasteiger charge is -2.03. The highest BCUT2D eigenvalue weighted by Crippen LogP contribution is 2.19. The fraction of sp³-hybridized carbons (Fsp3) is 0.250. The van der Waals surface area contributed by atoms with E-state index in [9.17, 15) is 8.42 Å². The molecule has 0 saturated carbocycles. The van der Waals surface area contributed by atoms with Gasteiger partial charge in [-0.1, -0.05) is 11.6 Å². The number of sulfone groups is 1. The molecule has 0 fully saturated rings. The Morgan fingerprint density at radius 1 is 1.46 bits per heavy atom. The maximum atomic E-state index is 11.3. The maximum Gasteiger partial charge on any atom is 0.191 e. The van der Waals surface area contributed by atoms with Crippen LogP contribution in [-0.4, -0.2) is 14.3 Å². The molecule has 1 aromatic rings. The Morgan fingerprint density at radius 2 is 2.08 bits per heavy atom. The highest BCUT2D eigenvalue weighted by molar-refractivity contribution is 7.91. The molecular weight excluding hydrogens is 210 g/mol. The summed E-state index contributed by atoms with van der Waals surface area (Å²) in [6.45, 7) is 1.75. The van der Waals surface area contributed by atoms with E-state index in [1.807, 2.05) is 0 Å². The van der Waals surface area contributed by atoms with Crippen LogP contribution in [0.25, 0.3) is 0 Å². The monoisotopic (exact) mass is 219 g/mol. The lowest BCUT2D eigenvalue weighted by molar-refractivity contribution is 0.596. The quantitative estimate of drug-likeness (QED) is 0.817. The van der Waals surface area contributed by atoms with Crippen LogP contribution in [0.4, 0.5) is 0 Å². The Hall–Kier alpha value is -0.580. The van der Waals surface area contributed by atoms with E-state index < -0.39 is 9.84 Å². The van der Waals surface area contributed by atoms with Crippen molar-refractivity contribution < 1.29 is 8.42 Å². The van der Waals surface area contributed by atoms with Gasteiger partial charge in [0, 0.05) is 5.02 Å². The molecule has 0 aliphatic carbocycles. The van der Waals surface area contributed by atoms with Crippen molar-refractivity contribution in [3.8, 4) is 0 Å². The van der Waals surface area contributed by atoms with Gasteiger partial charge >= 0.3 is 0 Å². The molecule has 13 heavy (non-hydrogen) atoms. The third kappa shape index (κ3) is 2.21. The molecule has 3 nitrogen and oxygen atoms in total. The second-order valence-corrected chi connectivity index (χ2v) is 5.13. The van der Waals surface area contributed by atoms with Gasteiger partial charge in [-0.2, -0.15) is 0 Å². The van der Waals surface area contributed by atoms with E-state index in [1.165, 1.54) is 12.1 Å². The minimum absolute atomic E-state index is 0.219. The summed E-state index contributed by atoms with van der Waals surface area (Å²) in [6, 6.07) is 4.53. The van der Waals surface area contributed by atoms with Gasteiger partial charge in [-0.05, 0) is 30.7 Å². The molecule has 0 aliphatic rings. The average molecular weight is 220 g/mol. The molecule has 0 unspecified atom stereocenters. The largest absolute Gasteiger partial charge is 0.317 e. The van der Waals surface area contributed by atoms with Crippen LogP contribution in [0.15, 0.2) is 23.1 Å². The normalized spacial score (nSPS) is 11.6. The van der Waals surface area contributed by atoms with E-state index in [0.29, 0.717) is 5.02 Å². The number of hydrogen-bond acceptors (Lipinski definition) is 3. The molecule has 0 spiro atoms. The van der Waals surface area contributed by atoms with Gasteiger partial charge in [0.15, 0.2) is 9.84 Å². The number of aryl methyl sites for hydroxylation is 1. The summed E-state index contributed by atoms with van der Waals surface area (Å²) in [5, 5.41) is 0.552. The molecule has 72 valence electrons. The first-order valence-corrected chi connectivity index (χ1v) is 5.69. The van der Waals surface area contributed by atoms with Crippen molar-refractivity contribution in [3.05, 3.63) is 28.8 Å². The average Bonchev–Trinajstić information content (AvgIpc) is 2.09. The van der Waals surface area contributed by atoms with Crippen LogP contribution in [0.2, 0.25) is 5.02 Å². The smallest absolute Gasteiger partial charge is 0.191 e. The molecule has 0 amide bonds. The lowest BCUT2D eigenvalue weighted by Crippen LogP contribution is -2.14. The van der Waals surface area contributed by atoms with Crippen LogP contribution in [0, 0.1) is 6.92 Å². The van der Waals surface area contributed by atoms with E-state index in [1.54, 1.807) is 13.0 Å². The molecular formula is C8H10ClNO2S. The van der Waals surface area contributed by atoms with Gasteiger partial charge in [0.2, 0.25) is 0 Å². The Bertz CT molecular complexity index is 414. The number of benzene rings is 1. The number of nitrogens with two attached hydrogens (primary N) is 1. The van der Waals surface area contributed by atoms with E-state index in [0.717, 1.165) is 5.56 Å². The van der Waals surface area contributed by atoms with Crippen LogP contribution >= 0.6 is 11.6 Å². The molecule has 0 aliphatic heterocycles. The van der Waals surface area contributed by atoms with Crippen molar-refractivity contribution in [2.45, 2.75) is 11.8 Å². The van der Waals surface area contributed by atoms with Gasteiger partial charge in [0.1, 0.15) is 5.88 Å². The lowest BCUT2D eigenvalue weighted by atomic mass is 10.2. The summed E-state index contributed by atoms with van der Waals surface area (Å²) >= 11 is 5.75. The molecule has 0 aromatic heterocycles. The first-order chi connectivity index (χ1) is 5.97.